The largest absolute Gasteiger partial charge is 0.332 e. The number of nitrogens with zero attached hydrogens (tertiary/aromatic N) is 3. The molecule has 0 fully saturated rings. The van der Waals surface area contributed by atoms with Gasteiger partial charge in [0.2, 0.25) is 0 Å². The van der Waals surface area contributed by atoms with Gasteiger partial charge in [-0.25, -0.2) is 9.18 Å². The van der Waals surface area contributed by atoms with Gasteiger partial charge in [0.05, 0.1) is 21.7 Å². The molecule has 3 rings (SSSR count). The lowest BCUT2D eigenvalue weighted by Crippen LogP contribution is -2.42. The quantitative estimate of drug-likeness (QED) is 0.697. The van der Waals surface area contributed by atoms with Crippen molar-refractivity contribution in [3.8, 4) is 0 Å². The van der Waals surface area contributed by atoms with Gasteiger partial charge in [-0.2, -0.15) is 0 Å². The molecule has 8 nitrogen and oxygen atoms in total. The van der Waals surface area contributed by atoms with Gasteiger partial charge in [-0.05, 0) is 32.0 Å². The highest BCUT2D eigenvalue weighted by molar-refractivity contribution is 6.34. The molecule has 0 saturated carbocycles. The number of anilines is 1. The Kier molecular flexibility index (Phi) is 5.43. The van der Waals surface area contributed by atoms with Gasteiger partial charge in [0.25, 0.3) is 17.0 Å². The van der Waals surface area contributed by atoms with Crippen molar-refractivity contribution in [1.29, 1.82) is 0 Å². The molecule has 1 N–H and O–H groups in total. The van der Waals surface area contributed by atoms with E-state index in [-0.39, 0.29) is 40.4 Å². The van der Waals surface area contributed by atoms with Crippen molar-refractivity contribution in [2.75, 3.05) is 5.32 Å². The molecular weight excluding hydrogens is 403 g/mol. The molecule has 0 aliphatic carbocycles. The molecule has 10 heteroatoms. The summed E-state index contributed by atoms with van der Waals surface area (Å²) in [5, 5.41) is 2.39. The number of hydrogen-bond acceptors (Lipinski definition) is 4. The lowest BCUT2D eigenvalue weighted by atomic mass is 10.1. The summed E-state index contributed by atoms with van der Waals surface area (Å²) in [6.07, 6.45) is 0. The number of rotatable bonds is 4. The summed E-state index contributed by atoms with van der Waals surface area (Å²) in [5.41, 5.74) is -1.84. The number of aromatic nitrogens is 3. The molecule has 0 saturated heterocycles. The third kappa shape index (κ3) is 3.38. The van der Waals surface area contributed by atoms with E-state index in [9.17, 15) is 23.6 Å². The number of carbonyl (C=O) groups excluding carboxylic acids is 1. The zero-order chi connectivity index (χ0) is 21.5. The highest BCUT2D eigenvalue weighted by Crippen LogP contribution is 2.23. The fourth-order valence-corrected chi connectivity index (χ4v) is 3.44. The van der Waals surface area contributed by atoms with E-state index in [0.29, 0.717) is 0 Å². The Balaban J connectivity index is 2.34. The summed E-state index contributed by atoms with van der Waals surface area (Å²) in [4.78, 5) is 51.0. The highest BCUT2D eigenvalue weighted by atomic mass is 35.5. The summed E-state index contributed by atoms with van der Waals surface area (Å²) < 4.78 is 16.7. The number of aryl methyl sites for hydroxylation is 2. The van der Waals surface area contributed by atoms with E-state index in [1.165, 1.54) is 22.2 Å². The Labute approximate surface area is 168 Å². The lowest BCUT2D eigenvalue weighted by molar-refractivity contribution is 0.102. The fraction of sp³-hybridized carbons (Fsp3) is 0.263. The summed E-state index contributed by atoms with van der Waals surface area (Å²) in [7, 11) is 1.43. The third-order valence-corrected chi connectivity index (χ3v) is 4.95. The molecule has 0 radical (unpaired) electrons. The average molecular weight is 421 g/mol. The summed E-state index contributed by atoms with van der Waals surface area (Å²) in [5.74, 6) is -1.35. The maximum Gasteiger partial charge on any atom is 0.332 e. The van der Waals surface area contributed by atoms with Crippen LogP contribution in [0, 0.1) is 5.82 Å². The van der Waals surface area contributed by atoms with Crippen LogP contribution in [-0.2, 0) is 20.1 Å². The van der Waals surface area contributed by atoms with Crippen LogP contribution in [0.3, 0.4) is 0 Å². The first-order valence-corrected chi connectivity index (χ1v) is 9.22. The van der Waals surface area contributed by atoms with Gasteiger partial charge in [-0.3, -0.25) is 28.1 Å². The van der Waals surface area contributed by atoms with Gasteiger partial charge in [-0.1, -0.05) is 11.6 Å². The van der Waals surface area contributed by atoms with E-state index in [2.05, 4.69) is 5.32 Å². The minimum absolute atomic E-state index is 0.0390. The van der Waals surface area contributed by atoms with Gasteiger partial charge in [0.15, 0.2) is 0 Å². The second kappa shape index (κ2) is 7.67. The molecule has 0 atom stereocenters. The molecule has 0 aliphatic rings. The van der Waals surface area contributed by atoms with Gasteiger partial charge in [-0.15, -0.1) is 0 Å². The number of fused-ring (bicyclic) bond motifs is 1. The SMILES string of the molecule is CCn1c(=O)c2c(C(=O)Nc3ccc(F)cc3Cl)cc(=O)n(CC)c2n(C)c1=O. The molecule has 0 aliphatic heterocycles. The van der Waals surface area contributed by atoms with Crippen molar-refractivity contribution in [1.82, 2.24) is 13.7 Å². The van der Waals surface area contributed by atoms with E-state index in [1.807, 2.05) is 0 Å². The topological polar surface area (TPSA) is 95.1 Å². The summed E-state index contributed by atoms with van der Waals surface area (Å²) >= 11 is 5.95. The summed E-state index contributed by atoms with van der Waals surface area (Å²) in [6.45, 7) is 3.61. The van der Waals surface area contributed by atoms with Crippen molar-refractivity contribution < 1.29 is 9.18 Å². The number of nitrogens with one attached hydrogen (secondary N) is 1. The molecule has 152 valence electrons. The minimum Gasteiger partial charge on any atom is -0.321 e. The van der Waals surface area contributed by atoms with Crippen LogP contribution < -0.4 is 22.1 Å². The maximum absolute atomic E-state index is 13.3. The first kappa shape index (κ1) is 20.5. The molecule has 0 bridgehead atoms. The maximum atomic E-state index is 13.3. The molecule has 1 amide bonds. The Morgan fingerprint density at radius 2 is 1.76 bits per heavy atom. The molecule has 2 aromatic heterocycles. The highest BCUT2D eigenvalue weighted by Gasteiger charge is 2.22. The van der Waals surface area contributed by atoms with Crippen LogP contribution in [-0.4, -0.2) is 19.6 Å². The second-order valence-corrected chi connectivity index (χ2v) is 6.72. The predicted octanol–water partition coefficient (Wildman–Crippen LogP) is 1.95. The van der Waals surface area contributed by atoms with E-state index in [1.54, 1.807) is 13.8 Å². The van der Waals surface area contributed by atoms with Crippen LogP contribution in [0.2, 0.25) is 5.02 Å². The van der Waals surface area contributed by atoms with Crippen LogP contribution >= 0.6 is 11.6 Å². The van der Waals surface area contributed by atoms with Crippen LogP contribution in [0.15, 0.2) is 38.6 Å². The second-order valence-electron chi connectivity index (χ2n) is 6.31. The Hall–Kier alpha value is -3.20. The first-order valence-electron chi connectivity index (χ1n) is 8.85. The molecule has 1 aromatic carbocycles. The number of halogens is 2. The number of benzene rings is 1. The van der Waals surface area contributed by atoms with Gasteiger partial charge in [0.1, 0.15) is 11.5 Å². The van der Waals surface area contributed by atoms with Crippen molar-refractivity contribution >= 4 is 34.2 Å². The molecule has 3 aromatic rings. The zero-order valence-corrected chi connectivity index (χ0v) is 16.7. The standard InChI is InChI=1S/C19H18ClFN4O4/c1-4-24-14(26)9-11(16(27)22-13-7-6-10(21)8-12(13)20)15-17(24)23(3)19(29)25(5-2)18(15)28/h6-9H,4-5H2,1-3H3,(H,22,27). The van der Waals surface area contributed by atoms with Gasteiger partial charge >= 0.3 is 5.69 Å². The Morgan fingerprint density at radius 1 is 1.10 bits per heavy atom. The molecular formula is C19H18ClFN4O4. The molecule has 0 spiro atoms. The van der Waals surface area contributed by atoms with Crippen molar-refractivity contribution in [3.05, 3.63) is 71.9 Å². The number of hydrogen-bond donors (Lipinski definition) is 1. The smallest absolute Gasteiger partial charge is 0.321 e. The molecule has 0 unspecified atom stereocenters. The van der Waals surface area contributed by atoms with Crippen molar-refractivity contribution in [3.63, 3.8) is 0 Å². The van der Waals surface area contributed by atoms with E-state index in [4.69, 9.17) is 11.6 Å². The van der Waals surface area contributed by atoms with E-state index >= 15 is 0 Å². The Morgan fingerprint density at radius 3 is 2.34 bits per heavy atom. The van der Waals surface area contributed by atoms with Crippen LogP contribution in [0.1, 0.15) is 24.2 Å². The third-order valence-electron chi connectivity index (χ3n) is 4.63. The fourth-order valence-electron chi connectivity index (χ4n) is 3.23. The van der Waals surface area contributed by atoms with Crippen molar-refractivity contribution in [2.45, 2.75) is 26.9 Å². The molecule has 29 heavy (non-hydrogen) atoms. The predicted molar refractivity (Wildman–Crippen MR) is 108 cm³/mol. The zero-order valence-electron chi connectivity index (χ0n) is 16.0. The van der Waals surface area contributed by atoms with E-state index in [0.717, 1.165) is 22.8 Å². The van der Waals surface area contributed by atoms with Crippen molar-refractivity contribution in [2.24, 2.45) is 7.05 Å². The van der Waals surface area contributed by atoms with Crippen LogP contribution in [0.4, 0.5) is 10.1 Å². The average Bonchev–Trinajstić information content (AvgIpc) is 2.67. The number of amides is 1. The Bertz CT molecular complexity index is 1320. The normalized spacial score (nSPS) is 11.1. The number of pyridine rings is 1. The molecule has 2 heterocycles. The van der Waals surface area contributed by atoms with Crippen LogP contribution in [0.5, 0.6) is 0 Å². The minimum atomic E-state index is -0.776. The lowest BCUT2D eigenvalue weighted by Gasteiger charge is -2.16. The van der Waals surface area contributed by atoms with Gasteiger partial charge < -0.3 is 5.32 Å². The van der Waals surface area contributed by atoms with Gasteiger partial charge in [0, 0.05) is 26.2 Å². The summed E-state index contributed by atoms with van der Waals surface area (Å²) in [6, 6.07) is 4.45. The van der Waals surface area contributed by atoms with E-state index < -0.39 is 28.5 Å². The monoisotopic (exact) mass is 420 g/mol. The van der Waals surface area contributed by atoms with Crippen LogP contribution in [0.25, 0.3) is 11.0 Å². The number of carbonyl (C=O) groups is 1. The first-order chi connectivity index (χ1) is 13.7.